The number of aliphatic hydroxyl groups is 5. The second kappa shape index (κ2) is 54.4. The lowest BCUT2D eigenvalue weighted by Gasteiger charge is -2.41. The van der Waals surface area contributed by atoms with Crippen molar-refractivity contribution in [2.45, 2.75) is 314 Å². The van der Waals surface area contributed by atoms with Crippen LogP contribution in [0.3, 0.4) is 0 Å². The van der Waals surface area contributed by atoms with Gasteiger partial charge in [-0.2, -0.15) is 0 Å². The molecule has 450 valence electrons. The summed E-state index contributed by atoms with van der Waals surface area (Å²) >= 11 is 0. The molecule has 0 aliphatic carbocycles. The van der Waals surface area contributed by atoms with E-state index in [-0.39, 0.29) is 19.4 Å². The maximum atomic E-state index is 13.4. The van der Waals surface area contributed by atoms with Crippen molar-refractivity contribution in [3.05, 3.63) is 85.1 Å². The second-order valence-electron chi connectivity index (χ2n) is 21.8. The standard InChI is InChI=1S/C67H117NO10/c1-4-7-10-13-16-19-22-25-27-29-30-31-32-33-35-37-40-43-46-49-52-55-62(72)78-65-64(74)63(73)61(56-69)77-67(65)76-57-58(59(70)53-50-47-44-41-38-24-21-18-15-12-9-6-3)68-66(75)60(71)54-51-48-45-42-39-36-34-28-26-23-20-17-14-11-8-5-2/h16-17,19-20,25-28,30-31,36,39,50,53,58-61,63-65,67,69-71,73-74H,4-15,18,21-24,29,32-35,37-38,40-49,51-52,54-57H2,1-3H3,(H,68,75)/b19-16-,20-17-,27-25-,28-26-,31-30-,39-36-,53-50+. The molecule has 6 N–H and O–H groups in total. The first-order valence-corrected chi connectivity index (χ1v) is 31.9. The summed E-state index contributed by atoms with van der Waals surface area (Å²) in [5.41, 5.74) is 0. The molecular formula is C67H117NO10. The minimum absolute atomic E-state index is 0.109. The van der Waals surface area contributed by atoms with Crippen LogP contribution >= 0.6 is 0 Å². The van der Waals surface area contributed by atoms with Crippen molar-refractivity contribution >= 4 is 11.9 Å². The molecule has 1 rings (SSSR count). The highest BCUT2D eigenvalue weighted by Crippen LogP contribution is 2.26. The first-order valence-electron chi connectivity index (χ1n) is 31.9. The van der Waals surface area contributed by atoms with Gasteiger partial charge in [0.1, 0.15) is 24.4 Å². The van der Waals surface area contributed by atoms with Gasteiger partial charge in [-0.3, -0.25) is 9.59 Å². The molecule has 1 aliphatic rings. The number of hydrogen-bond donors (Lipinski definition) is 6. The fourth-order valence-corrected chi connectivity index (χ4v) is 9.43. The number of allylic oxidation sites excluding steroid dienone is 13. The number of carbonyl (C=O) groups excluding carboxylic acids is 2. The first-order chi connectivity index (χ1) is 38.2. The zero-order chi connectivity index (χ0) is 56.8. The largest absolute Gasteiger partial charge is 0.454 e. The van der Waals surface area contributed by atoms with Crippen molar-refractivity contribution in [2.75, 3.05) is 13.2 Å². The molecule has 11 nitrogen and oxygen atoms in total. The van der Waals surface area contributed by atoms with E-state index >= 15 is 0 Å². The molecule has 1 saturated heterocycles. The van der Waals surface area contributed by atoms with Gasteiger partial charge in [-0.15, -0.1) is 0 Å². The normalized spacial score (nSPS) is 19.5. The Balaban J connectivity index is 2.68. The molecule has 11 heteroatoms. The number of hydrogen-bond acceptors (Lipinski definition) is 10. The topological polar surface area (TPSA) is 175 Å². The van der Waals surface area contributed by atoms with Gasteiger partial charge in [-0.05, 0) is 103 Å². The van der Waals surface area contributed by atoms with Crippen LogP contribution in [0.2, 0.25) is 0 Å². The minimum Gasteiger partial charge on any atom is -0.454 e. The Bertz CT molecular complexity index is 1590. The van der Waals surface area contributed by atoms with Crippen LogP contribution < -0.4 is 5.32 Å². The number of amides is 1. The molecule has 8 atom stereocenters. The molecule has 78 heavy (non-hydrogen) atoms. The van der Waals surface area contributed by atoms with Crippen LogP contribution in [0, 0.1) is 0 Å². The van der Waals surface area contributed by atoms with Crippen molar-refractivity contribution < 1.29 is 49.3 Å². The summed E-state index contributed by atoms with van der Waals surface area (Å²) in [4.78, 5) is 26.6. The monoisotopic (exact) mass is 1100 g/mol. The Morgan fingerprint density at radius 2 is 0.885 bits per heavy atom. The lowest BCUT2D eigenvalue weighted by atomic mass is 9.99. The highest BCUT2D eigenvalue weighted by atomic mass is 16.7. The van der Waals surface area contributed by atoms with Gasteiger partial charge in [-0.1, -0.05) is 241 Å². The highest BCUT2D eigenvalue weighted by molar-refractivity contribution is 5.80. The van der Waals surface area contributed by atoms with Gasteiger partial charge < -0.3 is 45.1 Å². The average molecular weight is 1100 g/mol. The summed E-state index contributed by atoms with van der Waals surface area (Å²) in [6, 6.07) is -1.04. The number of rotatable bonds is 53. The molecule has 1 aliphatic heterocycles. The molecule has 1 heterocycles. The lowest BCUT2D eigenvalue weighted by molar-refractivity contribution is -0.305. The molecular weight excluding hydrogens is 979 g/mol. The third-order valence-electron chi connectivity index (χ3n) is 14.5. The third-order valence-corrected chi connectivity index (χ3v) is 14.5. The summed E-state index contributed by atoms with van der Waals surface area (Å²) in [5, 5.41) is 57.0. The zero-order valence-corrected chi connectivity index (χ0v) is 49.8. The van der Waals surface area contributed by atoms with Gasteiger partial charge in [0.2, 0.25) is 5.91 Å². The van der Waals surface area contributed by atoms with E-state index in [0.717, 1.165) is 103 Å². The Morgan fingerprint density at radius 1 is 0.500 bits per heavy atom. The number of carbonyl (C=O) groups is 2. The van der Waals surface area contributed by atoms with E-state index < -0.39 is 67.4 Å². The Hall–Kier alpha value is -3.16. The molecule has 0 aromatic heterocycles. The molecule has 0 aromatic rings. The van der Waals surface area contributed by atoms with Gasteiger partial charge in [0.25, 0.3) is 0 Å². The smallest absolute Gasteiger partial charge is 0.306 e. The van der Waals surface area contributed by atoms with Gasteiger partial charge in [0.05, 0.1) is 25.4 Å². The zero-order valence-electron chi connectivity index (χ0n) is 49.8. The molecule has 0 saturated carbocycles. The van der Waals surface area contributed by atoms with Gasteiger partial charge >= 0.3 is 5.97 Å². The van der Waals surface area contributed by atoms with Crippen molar-refractivity contribution in [2.24, 2.45) is 0 Å². The van der Waals surface area contributed by atoms with E-state index in [9.17, 15) is 35.1 Å². The highest BCUT2D eigenvalue weighted by Gasteiger charge is 2.47. The van der Waals surface area contributed by atoms with E-state index in [1.807, 2.05) is 6.08 Å². The number of esters is 1. The maximum Gasteiger partial charge on any atom is 0.306 e. The fourth-order valence-electron chi connectivity index (χ4n) is 9.43. The minimum atomic E-state index is -1.63. The molecule has 8 unspecified atom stereocenters. The Kier molecular flexibility index (Phi) is 50.8. The number of aliphatic hydroxyl groups excluding tert-OH is 5. The SMILES string of the molecule is CCCCC/C=C\C/C=C\C/C=C\CCCCCCCCCCC(=O)OC1C(OCC(NC(=O)C(O)CCCCC/C=C\C/C=C\C/C=C\CCCCC)C(O)/C=C/CCCCCCCCCCCC)OC(CO)C(O)C1O. The van der Waals surface area contributed by atoms with E-state index in [2.05, 4.69) is 99.0 Å². The average Bonchev–Trinajstić information content (AvgIpc) is 3.45. The van der Waals surface area contributed by atoms with Crippen LogP contribution in [0.25, 0.3) is 0 Å². The molecule has 0 bridgehead atoms. The second-order valence-corrected chi connectivity index (χ2v) is 21.8. The summed E-state index contributed by atoms with van der Waals surface area (Å²) in [6.07, 6.45) is 60.4. The lowest BCUT2D eigenvalue weighted by Crippen LogP contribution is -2.61. The van der Waals surface area contributed by atoms with Gasteiger partial charge in [0, 0.05) is 6.42 Å². The quantitative estimate of drug-likeness (QED) is 0.0195. The van der Waals surface area contributed by atoms with Crippen molar-refractivity contribution in [1.82, 2.24) is 5.32 Å². The molecule has 1 amide bonds. The van der Waals surface area contributed by atoms with Gasteiger partial charge in [0.15, 0.2) is 12.4 Å². The summed E-state index contributed by atoms with van der Waals surface area (Å²) < 4.78 is 17.6. The maximum absolute atomic E-state index is 13.4. The van der Waals surface area contributed by atoms with E-state index in [0.29, 0.717) is 12.8 Å². The molecule has 0 spiro atoms. The first kappa shape index (κ1) is 72.9. The van der Waals surface area contributed by atoms with Gasteiger partial charge in [-0.25, -0.2) is 0 Å². The van der Waals surface area contributed by atoms with Crippen LogP contribution in [0.15, 0.2) is 85.1 Å². The van der Waals surface area contributed by atoms with E-state index in [4.69, 9.17) is 14.2 Å². The summed E-state index contributed by atoms with van der Waals surface area (Å²) in [5.74, 6) is -1.23. The fraction of sp³-hybridized carbons (Fsp3) is 0.761. The van der Waals surface area contributed by atoms with Crippen molar-refractivity contribution in [3.8, 4) is 0 Å². The number of nitrogens with one attached hydrogen (secondary N) is 1. The van der Waals surface area contributed by atoms with Crippen molar-refractivity contribution in [1.29, 1.82) is 0 Å². The van der Waals surface area contributed by atoms with Crippen molar-refractivity contribution in [3.63, 3.8) is 0 Å². The van der Waals surface area contributed by atoms with Crippen LogP contribution in [0.5, 0.6) is 0 Å². The third kappa shape index (κ3) is 41.8. The Morgan fingerprint density at radius 3 is 1.35 bits per heavy atom. The molecule has 1 fully saturated rings. The predicted molar refractivity (Wildman–Crippen MR) is 324 cm³/mol. The van der Waals surface area contributed by atoms with E-state index in [1.165, 1.54) is 116 Å². The van der Waals surface area contributed by atoms with E-state index in [1.54, 1.807) is 6.08 Å². The van der Waals surface area contributed by atoms with Crippen LogP contribution in [-0.4, -0.2) is 99.6 Å². The predicted octanol–water partition coefficient (Wildman–Crippen LogP) is 15.3. The summed E-state index contributed by atoms with van der Waals surface area (Å²) in [7, 11) is 0. The van der Waals surface area contributed by atoms with Crippen LogP contribution in [-0.2, 0) is 23.8 Å². The van der Waals surface area contributed by atoms with Crippen LogP contribution in [0.4, 0.5) is 0 Å². The Labute approximate surface area is 476 Å². The number of ether oxygens (including phenoxy) is 3. The van der Waals surface area contributed by atoms with Crippen LogP contribution in [0.1, 0.15) is 265 Å². The number of unbranched alkanes of at least 4 members (excludes halogenated alkanes) is 27. The molecule has 0 aromatic carbocycles. The summed E-state index contributed by atoms with van der Waals surface area (Å²) in [6.45, 7) is 5.71. The molecule has 0 radical (unpaired) electrons.